The number of H-pyrrole nitrogens is 1. The first-order valence-electron chi connectivity index (χ1n) is 30.7. The maximum atomic E-state index is 10.7. The number of aromatic amines is 1. The predicted octanol–water partition coefficient (Wildman–Crippen LogP) is 11.9. The molecule has 1 aromatic carbocycles. The van der Waals surface area contributed by atoms with E-state index in [9.17, 15) is 37.2 Å². The molecule has 6 N–H and O–H groups in total. The molecule has 0 amide bonds. The Bertz CT molecular complexity index is 2890. The van der Waals surface area contributed by atoms with Crippen molar-refractivity contribution in [3.63, 3.8) is 0 Å². The number of esters is 4. The van der Waals surface area contributed by atoms with Crippen molar-refractivity contribution in [3.05, 3.63) is 89.5 Å². The van der Waals surface area contributed by atoms with Gasteiger partial charge in [-0.15, -0.1) is 37.1 Å². The van der Waals surface area contributed by atoms with Crippen LogP contribution in [-0.4, -0.2) is 126 Å². The zero-order valence-corrected chi connectivity index (χ0v) is 60.4. The van der Waals surface area contributed by atoms with Crippen molar-refractivity contribution in [3.8, 4) is 72.1 Å². The molecule has 0 aliphatic carbocycles. The van der Waals surface area contributed by atoms with Crippen LogP contribution in [0.25, 0.3) is 0 Å². The number of aryl methyl sites for hydroxylation is 4. The largest absolute Gasteiger partial charge is 0.459 e. The SMILES string of the molecule is C#CCCCCC.C#CCCCCO.CCCCCC#CC(=O)OC.CCCCCC#CC(=O)OC.COC(=O)C#CCCCCO.COC(=O)C#CCCCCn1ccnc1.COC(=O)Cl.Cc1ccc(S(=O)(=O)Cl)cc1.Cl.NO.O=c1cc(CCCCn2ccnc2)o[nH]1. The molecule has 4 rings (SSSR count). The summed E-state index contributed by atoms with van der Waals surface area (Å²) in [6.07, 6.45) is 44.4. The van der Waals surface area contributed by atoms with Crippen LogP contribution in [0.2, 0.25) is 0 Å². The Morgan fingerprint density at radius 3 is 1.19 bits per heavy atom. The number of terminal acetylenes is 2. The summed E-state index contributed by atoms with van der Waals surface area (Å²) in [7, 11) is 8.05. The summed E-state index contributed by atoms with van der Waals surface area (Å²) in [4.78, 5) is 70.1. The van der Waals surface area contributed by atoms with Crippen LogP contribution in [-0.2, 0) is 71.4 Å². The quantitative estimate of drug-likeness (QED) is 0.00782. The number of nitrogens with one attached hydrogen (secondary N) is 1. The molecule has 3 aromatic heterocycles. The van der Waals surface area contributed by atoms with Crippen LogP contribution in [0.5, 0.6) is 0 Å². The fraction of sp³-hybridized carbons (Fsp3) is 0.536. The van der Waals surface area contributed by atoms with E-state index in [-0.39, 0.29) is 36.1 Å². The molecule has 27 heteroatoms. The van der Waals surface area contributed by atoms with Gasteiger partial charge in [0.15, 0.2) is 0 Å². The number of aromatic nitrogens is 5. The number of hydrogen-bond donors (Lipinski definition) is 5. The molecule has 96 heavy (non-hydrogen) atoms. The van der Waals surface area contributed by atoms with Crippen molar-refractivity contribution in [2.75, 3.05) is 48.8 Å². The second kappa shape index (κ2) is 81.3. The molecule has 0 unspecified atom stereocenters. The summed E-state index contributed by atoms with van der Waals surface area (Å²) < 4.78 is 51.7. The van der Waals surface area contributed by atoms with Crippen LogP contribution in [0.15, 0.2) is 82.0 Å². The molecule has 0 spiro atoms. The number of nitrogens with zero attached hydrogens (tertiary/aromatic N) is 4. The van der Waals surface area contributed by atoms with Crippen LogP contribution < -0.4 is 11.5 Å². The third-order valence-electron chi connectivity index (χ3n) is 10.9. The highest BCUT2D eigenvalue weighted by molar-refractivity contribution is 8.13. The standard InChI is InChI=1S/C11H14N2O2.C10H13N3O2.2C9H14O2.C8H12O3.C7H7ClO2S.C7H12.C6H10O.C2H3ClO2.ClH.H3NO/c1-15-11(14)6-4-2-3-5-8-13-9-7-12-10-13;14-10-7-9(15-12-10)3-1-2-5-13-6-4-11-8-13;2*1-3-4-5-6-7-8-9(10)11-2;1-11-8(10)6-4-2-3-5-7-9;1-6-2-4-7(5-3-6)11(8,9)10;1-3-5-7-6-4-2;1-2-3-4-5-6-7;1-5-2(3)4;;1-2/h7,9-10H,2-3,5,8H2,1H3;4,6-8H,1-3,5H2,(H,12,14);2*3-6H2,1-2H3;9H,2-3,5,7H2,1H3;2-5H,1H3;1H,4-7H2,2H3;1,7H,3-6H2;1H3;1H;2H,1H2. The average Bonchev–Trinajstić information content (AvgIpc) is 1.93. The number of ether oxygens (including phenoxy) is 5. The van der Waals surface area contributed by atoms with Crippen molar-refractivity contribution in [1.29, 1.82) is 0 Å². The highest BCUT2D eigenvalue weighted by Gasteiger charge is 2.07. The highest BCUT2D eigenvalue weighted by Crippen LogP contribution is 2.14. The summed E-state index contributed by atoms with van der Waals surface area (Å²) in [6, 6.07) is 7.87. The fourth-order valence-corrected chi connectivity index (χ4v) is 6.66. The number of aliphatic hydroxyl groups excluding tert-OH is 2. The van der Waals surface area contributed by atoms with Gasteiger partial charge in [0, 0.05) is 148 Å². The molecule has 0 saturated heterocycles. The molecule has 0 saturated carbocycles. The molecule has 0 aliphatic rings. The minimum atomic E-state index is -3.55. The number of hydrogen-bond acceptors (Lipinski definition) is 20. The Labute approximate surface area is 586 Å². The lowest BCUT2D eigenvalue weighted by atomic mass is 10.2. The van der Waals surface area contributed by atoms with E-state index in [0.717, 1.165) is 127 Å². The Morgan fingerprint density at radius 1 is 0.573 bits per heavy atom. The molecule has 3 heterocycles. The van der Waals surface area contributed by atoms with Crippen LogP contribution in [0.1, 0.15) is 180 Å². The molecule has 4 aromatic rings. The number of benzene rings is 1. The monoisotopic (exact) mass is 1420 g/mol. The van der Waals surface area contributed by atoms with E-state index >= 15 is 0 Å². The summed E-state index contributed by atoms with van der Waals surface area (Å²) in [5.74, 6) is 27.8. The smallest absolute Gasteiger partial charge is 0.403 e. The molecule has 538 valence electrons. The third-order valence-corrected chi connectivity index (χ3v) is 12.4. The van der Waals surface area contributed by atoms with Crippen molar-refractivity contribution in [1.82, 2.24) is 24.3 Å². The maximum Gasteiger partial charge on any atom is 0.403 e. The lowest BCUT2D eigenvalue weighted by Crippen LogP contribution is -1.95. The van der Waals surface area contributed by atoms with Gasteiger partial charge in [-0.2, -0.15) is 5.16 Å². The fourth-order valence-electron chi connectivity index (χ4n) is 5.90. The van der Waals surface area contributed by atoms with Crippen molar-refractivity contribution in [2.45, 2.75) is 200 Å². The van der Waals surface area contributed by atoms with Crippen molar-refractivity contribution in [2.24, 2.45) is 5.90 Å². The van der Waals surface area contributed by atoms with Gasteiger partial charge < -0.3 is 52.8 Å². The molecule has 0 radical (unpaired) electrons. The van der Waals surface area contributed by atoms with E-state index in [1.807, 2.05) is 28.5 Å². The average molecular weight is 1430 g/mol. The van der Waals surface area contributed by atoms with Gasteiger partial charge >= 0.3 is 29.3 Å². The van der Waals surface area contributed by atoms with Crippen molar-refractivity contribution >= 4 is 73.0 Å². The lowest BCUT2D eigenvalue weighted by Gasteiger charge is -1.99. The Kier molecular flexibility index (Phi) is 85.9. The van der Waals surface area contributed by atoms with Gasteiger partial charge in [-0.05, 0) is 89.7 Å². The number of carbonyl (C=O) groups is 5. The molecule has 0 bridgehead atoms. The van der Waals surface area contributed by atoms with E-state index in [0.29, 0.717) is 6.42 Å². The number of carbonyl (C=O) groups excluding carboxylic acids is 5. The third kappa shape index (κ3) is 84.0. The summed E-state index contributed by atoms with van der Waals surface area (Å²) in [5.41, 5.74) is 0.0682. The van der Waals surface area contributed by atoms with Crippen LogP contribution in [0.4, 0.5) is 4.79 Å². The zero-order chi connectivity index (χ0) is 72.9. The molecular weight excluding hydrogens is 1320 g/mol. The molecule has 0 atom stereocenters. The summed E-state index contributed by atoms with van der Waals surface area (Å²) in [6.45, 7) is 10.7. The first kappa shape index (κ1) is 102. The molecule has 23 nitrogen and oxygen atoms in total. The van der Waals surface area contributed by atoms with Gasteiger partial charge in [-0.3, -0.25) is 4.79 Å². The number of imidazole rings is 2. The second-order valence-corrected chi connectivity index (χ2v) is 21.6. The van der Waals surface area contributed by atoms with E-state index in [1.54, 1.807) is 37.2 Å². The number of nitrogens with two attached hydrogens (primary N) is 1. The Hall–Kier alpha value is -7.98. The molecule has 0 fully saturated rings. The van der Waals surface area contributed by atoms with Crippen LogP contribution in [0, 0.1) is 79.0 Å². The first-order valence-corrected chi connectivity index (χ1v) is 33.3. The summed E-state index contributed by atoms with van der Waals surface area (Å²) >= 11 is 4.60. The summed E-state index contributed by atoms with van der Waals surface area (Å²) in [5, 5.41) is 25.4. The van der Waals surface area contributed by atoms with E-state index in [4.69, 9.17) is 43.5 Å². The van der Waals surface area contributed by atoms with Gasteiger partial charge in [0.1, 0.15) is 5.76 Å². The van der Waals surface area contributed by atoms with Gasteiger partial charge in [-0.25, -0.2) is 48.3 Å². The van der Waals surface area contributed by atoms with E-state index in [2.05, 4.69) is 136 Å². The molecular formula is C69H103Cl3N6O17S. The van der Waals surface area contributed by atoms with Gasteiger partial charge in [0.25, 0.3) is 14.6 Å². The molecule has 0 aliphatic heterocycles. The van der Waals surface area contributed by atoms with Gasteiger partial charge in [-0.1, -0.05) is 101 Å². The minimum absolute atomic E-state index is 0. The number of unbranched alkanes of at least 4 members (excludes halogenated alkanes) is 16. The number of aliphatic hydroxyl groups is 2. The normalized spacial score (nSPS) is 8.80. The zero-order valence-electron chi connectivity index (χ0n) is 57.3. The number of rotatable bonds is 25. The minimum Gasteiger partial charge on any atom is -0.459 e. The number of halogens is 3. The van der Waals surface area contributed by atoms with Crippen LogP contribution in [0.3, 0.4) is 0 Å². The second-order valence-electron chi connectivity index (χ2n) is 18.7. The van der Waals surface area contributed by atoms with E-state index in [1.165, 1.54) is 98.7 Å². The maximum absolute atomic E-state index is 10.7. The number of methoxy groups -OCH3 is 5. The highest BCUT2D eigenvalue weighted by atomic mass is 35.7. The van der Waals surface area contributed by atoms with Crippen LogP contribution >= 0.6 is 34.7 Å². The predicted molar refractivity (Wildman–Crippen MR) is 377 cm³/mol. The first-order chi connectivity index (χ1) is 45.7. The lowest BCUT2D eigenvalue weighted by molar-refractivity contribution is -0.134. The topological polar surface area (TPSA) is 334 Å². The van der Waals surface area contributed by atoms with E-state index < -0.39 is 38.4 Å². The van der Waals surface area contributed by atoms with Gasteiger partial charge in [0.2, 0.25) is 0 Å². The van der Waals surface area contributed by atoms with Gasteiger partial charge in [0.05, 0.1) is 53.1 Å². The Morgan fingerprint density at radius 2 is 0.906 bits per heavy atom. The van der Waals surface area contributed by atoms with Crippen molar-refractivity contribution < 1.29 is 76.0 Å². The Balaban J connectivity index is -0.000000188.